The van der Waals surface area contributed by atoms with Crippen molar-refractivity contribution in [3.8, 4) is 0 Å². The van der Waals surface area contributed by atoms with E-state index < -0.39 is 34.4 Å². The topological polar surface area (TPSA) is 136 Å². The maximum atomic E-state index is 12.8. The van der Waals surface area contributed by atoms with Gasteiger partial charge in [0.15, 0.2) is 6.61 Å². The van der Waals surface area contributed by atoms with Crippen molar-refractivity contribution >= 4 is 39.6 Å². The van der Waals surface area contributed by atoms with E-state index in [-0.39, 0.29) is 4.90 Å². The highest BCUT2D eigenvalue weighted by Crippen LogP contribution is 2.21. The molecule has 0 bridgehead atoms. The van der Waals surface area contributed by atoms with Crippen LogP contribution in [-0.2, 0) is 24.3 Å². The molecule has 2 aromatic rings. The zero-order valence-corrected chi connectivity index (χ0v) is 19.4. The second-order valence-electron chi connectivity index (χ2n) is 7.82. The molecule has 1 fully saturated rings. The predicted octanol–water partition coefficient (Wildman–Crippen LogP) is 2.55. The molecular formula is C24H27N3O6S. The normalized spacial score (nSPS) is 14.9. The van der Waals surface area contributed by atoms with Gasteiger partial charge in [0.1, 0.15) is 0 Å². The first kappa shape index (κ1) is 25.1. The van der Waals surface area contributed by atoms with Gasteiger partial charge in [0.05, 0.1) is 4.90 Å². The van der Waals surface area contributed by atoms with E-state index in [0.717, 1.165) is 31.8 Å². The number of amides is 2. The van der Waals surface area contributed by atoms with Gasteiger partial charge < -0.3 is 15.8 Å². The maximum Gasteiger partial charge on any atom is 0.331 e. The van der Waals surface area contributed by atoms with Crippen LogP contribution in [-0.4, -0.2) is 50.2 Å². The van der Waals surface area contributed by atoms with Crippen molar-refractivity contribution < 1.29 is 27.5 Å². The Bertz CT molecular complexity index is 1150. The number of sulfonamides is 1. The molecule has 1 saturated heterocycles. The van der Waals surface area contributed by atoms with E-state index in [0.29, 0.717) is 29.9 Å². The predicted molar refractivity (Wildman–Crippen MR) is 127 cm³/mol. The molecule has 0 spiro atoms. The fourth-order valence-electron chi connectivity index (χ4n) is 3.45. The van der Waals surface area contributed by atoms with Crippen LogP contribution in [0.5, 0.6) is 0 Å². The fraction of sp³-hybridized carbons (Fsp3) is 0.292. The number of nitrogens with one attached hydrogen (secondary N) is 1. The monoisotopic (exact) mass is 485 g/mol. The molecule has 0 atom stereocenters. The lowest BCUT2D eigenvalue weighted by Gasteiger charge is -2.19. The molecular weight excluding hydrogens is 458 g/mol. The van der Waals surface area contributed by atoms with Gasteiger partial charge in [-0.1, -0.05) is 25.0 Å². The van der Waals surface area contributed by atoms with Crippen molar-refractivity contribution in [2.45, 2.75) is 30.6 Å². The maximum absolute atomic E-state index is 12.8. The van der Waals surface area contributed by atoms with Crippen LogP contribution >= 0.6 is 0 Å². The number of carbonyl (C=O) groups is 3. The summed E-state index contributed by atoms with van der Waals surface area (Å²) < 4.78 is 32.1. The SMILES string of the molecule is NC(=O)c1ccc(NC(=O)COC(=O)/C=C/c2ccc(S(=O)(=O)N3CCCCCC3)cc2)cc1. The highest BCUT2D eigenvalue weighted by molar-refractivity contribution is 7.89. The van der Waals surface area contributed by atoms with E-state index >= 15 is 0 Å². The summed E-state index contributed by atoms with van der Waals surface area (Å²) in [4.78, 5) is 35.1. The summed E-state index contributed by atoms with van der Waals surface area (Å²) in [5.41, 5.74) is 6.51. The van der Waals surface area contributed by atoms with Crippen molar-refractivity contribution in [1.82, 2.24) is 4.31 Å². The number of primary amides is 1. The highest BCUT2D eigenvalue weighted by Gasteiger charge is 2.24. The number of esters is 1. The molecule has 10 heteroatoms. The van der Waals surface area contributed by atoms with Gasteiger partial charge >= 0.3 is 5.97 Å². The van der Waals surface area contributed by atoms with Gasteiger partial charge in [-0.3, -0.25) is 9.59 Å². The smallest absolute Gasteiger partial charge is 0.331 e. The molecule has 34 heavy (non-hydrogen) atoms. The summed E-state index contributed by atoms with van der Waals surface area (Å²) in [5, 5.41) is 2.54. The molecule has 3 rings (SSSR count). The number of nitrogens with zero attached hydrogens (tertiary/aromatic N) is 1. The fourth-order valence-corrected chi connectivity index (χ4v) is 4.96. The Hall–Kier alpha value is -3.50. The molecule has 1 heterocycles. The summed E-state index contributed by atoms with van der Waals surface area (Å²) in [6.07, 6.45) is 6.44. The van der Waals surface area contributed by atoms with Crippen LogP contribution in [0.1, 0.15) is 41.6 Å². The summed E-state index contributed by atoms with van der Waals surface area (Å²) >= 11 is 0. The largest absolute Gasteiger partial charge is 0.452 e. The number of rotatable bonds is 8. The summed E-state index contributed by atoms with van der Waals surface area (Å²) in [6.45, 7) is 0.567. The zero-order chi connectivity index (χ0) is 24.6. The number of ether oxygens (including phenoxy) is 1. The molecule has 9 nitrogen and oxygen atoms in total. The van der Waals surface area contributed by atoms with Gasteiger partial charge in [-0.25, -0.2) is 13.2 Å². The Morgan fingerprint density at radius 2 is 1.56 bits per heavy atom. The summed E-state index contributed by atoms with van der Waals surface area (Å²) in [5.74, 6) is -1.84. The quantitative estimate of drug-likeness (QED) is 0.436. The van der Waals surface area contributed by atoms with Crippen molar-refractivity contribution in [2.75, 3.05) is 25.0 Å². The Balaban J connectivity index is 1.49. The molecule has 0 unspecified atom stereocenters. The molecule has 0 saturated carbocycles. The highest BCUT2D eigenvalue weighted by atomic mass is 32.2. The lowest BCUT2D eigenvalue weighted by atomic mass is 10.2. The number of nitrogens with two attached hydrogens (primary N) is 1. The molecule has 0 radical (unpaired) electrons. The lowest BCUT2D eigenvalue weighted by molar-refractivity contribution is -0.142. The number of anilines is 1. The molecule has 1 aliphatic heterocycles. The molecule has 0 aliphatic carbocycles. The minimum absolute atomic E-state index is 0.217. The molecule has 0 aromatic heterocycles. The second-order valence-corrected chi connectivity index (χ2v) is 9.76. The Labute approximate surface area is 198 Å². The average Bonchev–Trinajstić information content (AvgIpc) is 3.12. The van der Waals surface area contributed by atoms with Crippen molar-refractivity contribution in [3.63, 3.8) is 0 Å². The van der Waals surface area contributed by atoms with E-state index in [2.05, 4.69) is 5.32 Å². The molecule has 3 N–H and O–H groups in total. The van der Waals surface area contributed by atoms with E-state index in [1.807, 2.05) is 0 Å². The second kappa shape index (κ2) is 11.6. The minimum Gasteiger partial charge on any atom is -0.452 e. The van der Waals surface area contributed by atoms with Crippen LogP contribution in [0.25, 0.3) is 6.08 Å². The van der Waals surface area contributed by atoms with Gasteiger partial charge in [-0.15, -0.1) is 0 Å². The van der Waals surface area contributed by atoms with E-state index in [9.17, 15) is 22.8 Å². The first-order chi connectivity index (χ1) is 16.3. The van der Waals surface area contributed by atoms with Crippen molar-refractivity contribution in [2.24, 2.45) is 5.73 Å². The van der Waals surface area contributed by atoms with Gasteiger partial charge in [-0.2, -0.15) is 4.31 Å². The Morgan fingerprint density at radius 1 is 0.941 bits per heavy atom. The van der Waals surface area contributed by atoms with Crippen molar-refractivity contribution in [1.29, 1.82) is 0 Å². The van der Waals surface area contributed by atoms with Crippen LogP contribution < -0.4 is 11.1 Å². The standard InChI is InChI=1S/C24H27N3O6S/c25-24(30)19-8-10-20(11-9-19)26-22(28)17-33-23(29)14-7-18-5-12-21(13-6-18)34(31,32)27-15-3-1-2-4-16-27/h5-14H,1-4,15-17H2,(H2,25,30)(H,26,28)/b14-7+. The van der Waals surface area contributed by atoms with Crippen LogP contribution in [0.15, 0.2) is 59.5 Å². The lowest BCUT2D eigenvalue weighted by Crippen LogP contribution is -2.31. The van der Waals surface area contributed by atoms with Gasteiger partial charge in [0.25, 0.3) is 5.91 Å². The average molecular weight is 486 g/mol. The summed E-state index contributed by atoms with van der Waals surface area (Å²) in [6, 6.07) is 12.2. The summed E-state index contributed by atoms with van der Waals surface area (Å²) in [7, 11) is -3.53. The van der Waals surface area contributed by atoms with Crippen LogP contribution in [0.3, 0.4) is 0 Å². The third-order valence-electron chi connectivity index (χ3n) is 5.29. The number of benzene rings is 2. The number of hydrogen-bond acceptors (Lipinski definition) is 6. The van der Waals surface area contributed by atoms with E-state index in [1.54, 1.807) is 12.1 Å². The van der Waals surface area contributed by atoms with Gasteiger partial charge in [0, 0.05) is 30.4 Å². The molecule has 2 amide bonds. The van der Waals surface area contributed by atoms with Crippen LogP contribution in [0.4, 0.5) is 5.69 Å². The molecule has 180 valence electrons. The molecule has 1 aliphatic rings. The van der Waals surface area contributed by atoms with Crippen LogP contribution in [0.2, 0.25) is 0 Å². The Morgan fingerprint density at radius 3 is 2.15 bits per heavy atom. The first-order valence-corrected chi connectivity index (χ1v) is 12.3. The van der Waals surface area contributed by atoms with Crippen LogP contribution in [0, 0.1) is 0 Å². The van der Waals surface area contributed by atoms with Crippen molar-refractivity contribution in [3.05, 3.63) is 65.7 Å². The van der Waals surface area contributed by atoms with E-state index in [1.165, 1.54) is 46.8 Å². The van der Waals surface area contributed by atoms with Gasteiger partial charge in [-0.05, 0) is 60.9 Å². The number of hydrogen-bond donors (Lipinski definition) is 2. The third-order valence-corrected chi connectivity index (χ3v) is 7.21. The first-order valence-electron chi connectivity index (χ1n) is 10.9. The Kier molecular flexibility index (Phi) is 8.55. The minimum atomic E-state index is -3.53. The third kappa shape index (κ3) is 7.00. The van der Waals surface area contributed by atoms with Gasteiger partial charge in [0.2, 0.25) is 15.9 Å². The molecule has 2 aromatic carbocycles. The number of carbonyl (C=O) groups excluding carboxylic acids is 3. The van der Waals surface area contributed by atoms with E-state index in [4.69, 9.17) is 10.5 Å². The zero-order valence-electron chi connectivity index (χ0n) is 18.6.